The van der Waals surface area contributed by atoms with Crippen LogP contribution in [0.3, 0.4) is 0 Å². The molecule has 156 valence electrons. The molecule has 0 aromatic carbocycles. The molecule has 5 heterocycles. The van der Waals surface area contributed by atoms with Crippen LogP contribution in [0.2, 0.25) is 0 Å². The van der Waals surface area contributed by atoms with Crippen molar-refractivity contribution in [2.45, 2.75) is 25.0 Å². The average Bonchev–Trinajstić information content (AvgIpc) is 3.42. The first-order chi connectivity index (χ1) is 14.3. The lowest BCUT2D eigenvalue weighted by atomic mass is 10.0. The third-order valence-corrected chi connectivity index (χ3v) is 5.18. The Hall–Kier alpha value is -3.51. The SMILES string of the molecule is CC(C)(C(=O)NCC1(O)COC1)n1ncc2c1nc(N)n1nc(-c3ccco3)nc21. The fraction of sp³-hybridized carbons (Fsp3) is 0.389. The van der Waals surface area contributed by atoms with E-state index in [-0.39, 0.29) is 31.6 Å². The van der Waals surface area contributed by atoms with Crippen molar-refractivity contribution in [2.24, 2.45) is 0 Å². The van der Waals surface area contributed by atoms with Crippen molar-refractivity contribution in [1.82, 2.24) is 34.7 Å². The lowest BCUT2D eigenvalue weighted by Gasteiger charge is -2.37. The highest BCUT2D eigenvalue weighted by atomic mass is 16.5. The smallest absolute Gasteiger partial charge is 0.247 e. The molecule has 0 unspecified atom stereocenters. The molecule has 12 heteroatoms. The summed E-state index contributed by atoms with van der Waals surface area (Å²) in [6.45, 7) is 3.89. The van der Waals surface area contributed by atoms with Crippen molar-refractivity contribution >= 4 is 28.5 Å². The van der Waals surface area contributed by atoms with E-state index in [1.54, 1.807) is 32.2 Å². The van der Waals surface area contributed by atoms with Gasteiger partial charge in [-0.1, -0.05) is 0 Å². The van der Waals surface area contributed by atoms with E-state index >= 15 is 0 Å². The minimum Gasteiger partial charge on any atom is -0.461 e. The molecule has 4 N–H and O–H groups in total. The number of nitrogens with one attached hydrogen (secondary N) is 1. The first kappa shape index (κ1) is 18.5. The number of aromatic nitrogens is 6. The van der Waals surface area contributed by atoms with Crippen LogP contribution in [0.25, 0.3) is 28.3 Å². The molecule has 0 saturated carbocycles. The Morgan fingerprint density at radius 3 is 2.83 bits per heavy atom. The molecule has 0 bridgehead atoms. The number of nitrogens with zero attached hydrogens (tertiary/aromatic N) is 6. The molecule has 30 heavy (non-hydrogen) atoms. The lowest BCUT2D eigenvalue weighted by Crippen LogP contribution is -2.59. The number of nitrogen functional groups attached to an aromatic ring is 1. The van der Waals surface area contributed by atoms with Crippen molar-refractivity contribution in [2.75, 3.05) is 25.5 Å². The molecule has 5 rings (SSSR count). The zero-order valence-electron chi connectivity index (χ0n) is 16.4. The van der Waals surface area contributed by atoms with Gasteiger partial charge in [-0.05, 0) is 26.0 Å². The molecule has 1 aliphatic rings. The Labute approximate surface area is 169 Å². The molecular weight excluding hydrogens is 392 g/mol. The number of aliphatic hydroxyl groups is 1. The Morgan fingerprint density at radius 1 is 1.37 bits per heavy atom. The average molecular weight is 412 g/mol. The van der Waals surface area contributed by atoms with Crippen LogP contribution >= 0.6 is 0 Å². The Morgan fingerprint density at radius 2 is 2.17 bits per heavy atom. The number of hydrogen-bond acceptors (Lipinski definition) is 9. The van der Waals surface area contributed by atoms with Crippen molar-refractivity contribution < 1.29 is 19.1 Å². The van der Waals surface area contributed by atoms with Gasteiger partial charge in [0.2, 0.25) is 17.7 Å². The molecule has 1 saturated heterocycles. The number of ether oxygens (including phenoxy) is 1. The second-order valence-corrected chi connectivity index (χ2v) is 7.87. The summed E-state index contributed by atoms with van der Waals surface area (Å²) >= 11 is 0. The van der Waals surface area contributed by atoms with Crippen LogP contribution in [-0.2, 0) is 15.1 Å². The summed E-state index contributed by atoms with van der Waals surface area (Å²) < 4.78 is 13.3. The summed E-state index contributed by atoms with van der Waals surface area (Å²) in [6, 6.07) is 3.48. The van der Waals surface area contributed by atoms with E-state index in [0.29, 0.717) is 28.3 Å². The number of furan rings is 1. The van der Waals surface area contributed by atoms with Crippen LogP contribution in [-0.4, -0.2) is 65.7 Å². The quantitative estimate of drug-likeness (QED) is 0.408. The minimum atomic E-state index is -1.11. The van der Waals surface area contributed by atoms with Crippen molar-refractivity contribution in [3.05, 3.63) is 24.6 Å². The first-order valence-electron chi connectivity index (χ1n) is 9.31. The van der Waals surface area contributed by atoms with Gasteiger partial charge in [-0.3, -0.25) is 4.79 Å². The van der Waals surface area contributed by atoms with Crippen LogP contribution in [0.1, 0.15) is 13.8 Å². The van der Waals surface area contributed by atoms with Gasteiger partial charge in [0.25, 0.3) is 0 Å². The van der Waals surface area contributed by atoms with Crippen LogP contribution < -0.4 is 11.1 Å². The van der Waals surface area contributed by atoms with Gasteiger partial charge in [0, 0.05) is 0 Å². The summed E-state index contributed by atoms with van der Waals surface area (Å²) in [5.41, 5.74) is 4.81. The first-order valence-corrected chi connectivity index (χ1v) is 9.31. The van der Waals surface area contributed by atoms with E-state index in [1.165, 1.54) is 15.5 Å². The van der Waals surface area contributed by atoms with Crippen LogP contribution in [0.5, 0.6) is 0 Å². The maximum absolute atomic E-state index is 12.9. The summed E-state index contributed by atoms with van der Waals surface area (Å²) in [5.74, 6) is 0.630. The number of carbonyl (C=O) groups excluding carboxylic acids is 1. The monoisotopic (exact) mass is 412 g/mol. The molecule has 12 nitrogen and oxygen atoms in total. The van der Waals surface area contributed by atoms with Gasteiger partial charge in [-0.2, -0.15) is 14.6 Å². The fourth-order valence-electron chi connectivity index (χ4n) is 3.33. The van der Waals surface area contributed by atoms with E-state index in [9.17, 15) is 9.90 Å². The maximum Gasteiger partial charge on any atom is 0.247 e. The molecular formula is C18H20N8O4. The number of nitrogens with two attached hydrogens (primary N) is 1. The Bertz CT molecular complexity index is 1250. The van der Waals surface area contributed by atoms with Gasteiger partial charge in [0.1, 0.15) is 11.1 Å². The predicted molar refractivity (Wildman–Crippen MR) is 104 cm³/mol. The van der Waals surface area contributed by atoms with Crippen LogP contribution in [0, 0.1) is 0 Å². The number of rotatable bonds is 5. The molecule has 0 atom stereocenters. The minimum absolute atomic E-state index is 0.0883. The number of amides is 1. The van der Waals surface area contributed by atoms with Crippen LogP contribution in [0.15, 0.2) is 29.0 Å². The molecule has 1 aliphatic heterocycles. The van der Waals surface area contributed by atoms with Gasteiger partial charge in [-0.25, -0.2) is 9.67 Å². The molecule has 0 radical (unpaired) electrons. The van der Waals surface area contributed by atoms with Crippen molar-refractivity contribution in [1.29, 1.82) is 0 Å². The van der Waals surface area contributed by atoms with Gasteiger partial charge in [-0.15, -0.1) is 5.10 Å². The number of fused-ring (bicyclic) bond motifs is 3. The second kappa shape index (κ2) is 6.24. The third kappa shape index (κ3) is 2.72. The van der Waals surface area contributed by atoms with Crippen LogP contribution in [0.4, 0.5) is 5.95 Å². The predicted octanol–water partition coefficient (Wildman–Crippen LogP) is -0.0712. The number of hydrogen-bond donors (Lipinski definition) is 3. The third-order valence-electron chi connectivity index (χ3n) is 5.18. The second-order valence-electron chi connectivity index (χ2n) is 7.87. The number of carbonyl (C=O) groups is 1. The molecule has 4 aromatic rings. The highest BCUT2D eigenvalue weighted by Crippen LogP contribution is 2.27. The van der Waals surface area contributed by atoms with Gasteiger partial charge in [0.15, 0.2) is 17.1 Å². The van der Waals surface area contributed by atoms with Gasteiger partial charge in [0.05, 0.1) is 37.6 Å². The molecule has 1 amide bonds. The van der Waals surface area contributed by atoms with Gasteiger partial charge >= 0.3 is 0 Å². The highest BCUT2D eigenvalue weighted by Gasteiger charge is 2.39. The maximum atomic E-state index is 12.9. The molecule has 4 aromatic heterocycles. The van der Waals surface area contributed by atoms with E-state index in [1.807, 2.05) is 0 Å². The molecule has 0 aliphatic carbocycles. The summed E-state index contributed by atoms with van der Waals surface area (Å²) in [6.07, 6.45) is 3.10. The van der Waals surface area contributed by atoms with Gasteiger partial charge < -0.3 is 25.3 Å². The van der Waals surface area contributed by atoms with E-state index < -0.39 is 11.1 Å². The summed E-state index contributed by atoms with van der Waals surface area (Å²) in [4.78, 5) is 21.8. The topological polar surface area (TPSA) is 159 Å². The van der Waals surface area contributed by atoms with Crippen molar-refractivity contribution in [3.63, 3.8) is 0 Å². The Balaban J connectivity index is 1.54. The number of anilines is 1. The van der Waals surface area contributed by atoms with E-state index in [2.05, 4.69) is 25.5 Å². The summed E-state index contributed by atoms with van der Waals surface area (Å²) in [5, 5.41) is 22.2. The zero-order valence-corrected chi connectivity index (χ0v) is 16.4. The largest absolute Gasteiger partial charge is 0.461 e. The normalized spacial score (nSPS) is 16.1. The standard InChI is InChI=1S/C18H20N8O4/c1-17(2,15(27)20-7-18(28)8-29-9-18)26-14-10(6-21-26)13-22-12(11-4-3-5-30-11)24-25(13)16(19)23-14/h3-6,28H,7-9H2,1-2H3,(H2,19,23)(H,20,27). The van der Waals surface area contributed by atoms with E-state index in [4.69, 9.17) is 14.9 Å². The lowest BCUT2D eigenvalue weighted by molar-refractivity contribution is -0.176. The highest BCUT2D eigenvalue weighted by molar-refractivity contribution is 5.92. The zero-order chi connectivity index (χ0) is 21.1. The van der Waals surface area contributed by atoms with Crippen molar-refractivity contribution in [3.8, 4) is 11.6 Å². The molecule has 0 spiro atoms. The summed E-state index contributed by atoms with van der Waals surface area (Å²) in [7, 11) is 0. The fourth-order valence-corrected chi connectivity index (χ4v) is 3.33. The van der Waals surface area contributed by atoms with E-state index in [0.717, 1.165) is 0 Å². The Kier molecular flexibility index (Phi) is 3.85. The molecule has 1 fully saturated rings.